The van der Waals surface area contributed by atoms with Gasteiger partial charge in [0.2, 0.25) is 0 Å². The molecule has 0 heterocycles. The van der Waals surface area contributed by atoms with Crippen LogP contribution in [0.15, 0.2) is 0 Å². The minimum Gasteiger partial charge on any atom is -0.785 e. The molecule has 2 unspecified atom stereocenters. The van der Waals surface area contributed by atoms with Crippen molar-refractivity contribution in [2.75, 3.05) is 14.1 Å². The van der Waals surface area contributed by atoms with Gasteiger partial charge in [0, 0.05) is 12.1 Å². The van der Waals surface area contributed by atoms with E-state index in [1.165, 1.54) is 14.1 Å². The average molecular weight is 172 g/mol. The van der Waals surface area contributed by atoms with Crippen molar-refractivity contribution in [2.24, 2.45) is 0 Å². The predicted octanol–water partition coefficient (Wildman–Crippen LogP) is 1.16. The molecule has 0 saturated heterocycles. The first-order valence-electron chi connectivity index (χ1n) is 4.43. The molecule has 0 amide bonds. The van der Waals surface area contributed by atoms with E-state index in [9.17, 15) is 10.4 Å². The summed E-state index contributed by atoms with van der Waals surface area (Å²) in [4.78, 5) is 0. The van der Waals surface area contributed by atoms with E-state index in [4.69, 9.17) is 0 Å². The molecule has 0 aromatic heterocycles. The molecular weight excluding hydrogens is 156 g/mol. The molecule has 0 N–H and O–H groups in total. The molecule has 1 aliphatic carbocycles. The zero-order valence-electron chi connectivity index (χ0n) is 7.69. The van der Waals surface area contributed by atoms with Crippen molar-refractivity contribution in [3.8, 4) is 0 Å². The summed E-state index contributed by atoms with van der Waals surface area (Å²) in [7, 11) is 3.01. The zero-order valence-corrected chi connectivity index (χ0v) is 7.69. The van der Waals surface area contributed by atoms with E-state index in [-0.39, 0.29) is 12.1 Å². The highest BCUT2D eigenvalue weighted by Crippen LogP contribution is 2.24. The molecule has 1 aliphatic rings. The van der Waals surface area contributed by atoms with Gasteiger partial charge in [-0.25, -0.2) is 0 Å². The molecule has 72 valence electrons. The summed E-state index contributed by atoms with van der Waals surface area (Å²) < 4.78 is 0. The van der Waals surface area contributed by atoms with Crippen LogP contribution in [0.2, 0.25) is 0 Å². The maximum Gasteiger partial charge on any atom is 0.0122 e. The van der Waals surface area contributed by atoms with E-state index < -0.39 is 0 Å². The average Bonchev–Trinajstić information content (AvgIpc) is 2.04. The second kappa shape index (κ2) is 4.18. The molecule has 0 aromatic carbocycles. The van der Waals surface area contributed by atoms with Gasteiger partial charge in [-0.3, -0.25) is 0 Å². The highest BCUT2D eigenvalue weighted by molar-refractivity contribution is 4.88. The number of nitrogens with zero attached hydrogens (tertiary/aromatic N) is 2. The number of likely N-dealkylation sites (N-methyl/N-ethyl adjacent to an activating group) is 2. The van der Waals surface area contributed by atoms with Crippen LogP contribution in [0.4, 0.5) is 0 Å². The minimum atomic E-state index is -0.0961. The maximum absolute atomic E-state index is 11.1. The first-order chi connectivity index (χ1) is 5.63. The van der Waals surface area contributed by atoms with Crippen LogP contribution >= 0.6 is 0 Å². The Kier molecular flexibility index (Phi) is 3.46. The molecule has 0 bridgehead atoms. The number of rotatable bonds is 2. The van der Waals surface area contributed by atoms with Gasteiger partial charge in [-0.2, -0.15) is 0 Å². The van der Waals surface area contributed by atoms with Crippen LogP contribution in [-0.4, -0.2) is 36.3 Å². The maximum atomic E-state index is 11.1. The molecule has 0 aromatic rings. The summed E-state index contributed by atoms with van der Waals surface area (Å²) >= 11 is 0. The van der Waals surface area contributed by atoms with Crippen LogP contribution < -0.4 is 0 Å². The molecule has 0 aliphatic heterocycles. The van der Waals surface area contributed by atoms with E-state index in [1.807, 2.05) is 0 Å². The summed E-state index contributed by atoms with van der Waals surface area (Å²) in [6, 6.07) is -0.192. The third-order valence-corrected chi connectivity index (χ3v) is 2.63. The van der Waals surface area contributed by atoms with E-state index in [2.05, 4.69) is 0 Å². The first-order valence-corrected chi connectivity index (χ1v) is 4.43. The molecule has 12 heavy (non-hydrogen) atoms. The van der Waals surface area contributed by atoms with Crippen LogP contribution in [0.5, 0.6) is 0 Å². The zero-order chi connectivity index (χ0) is 9.14. The lowest BCUT2D eigenvalue weighted by Crippen LogP contribution is -2.47. The molecule has 0 radical (unpaired) electrons. The van der Waals surface area contributed by atoms with Gasteiger partial charge >= 0.3 is 0 Å². The first kappa shape index (κ1) is 9.92. The Morgan fingerprint density at radius 2 is 1.25 bits per heavy atom. The van der Waals surface area contributed by atoms with E-state index in [0.717, 1.165) is 35.8 Å². The second-order valence-corrected chi connectivity index (χ2v) is 3.51. The monoisotopic (exact) mass is 172 g/mol. The summed E-state index contributed by atoms with van der Waals surface area (Å²) in [5.41, 5.74) is 0. The molecular formula is C8H16N2O2-2. The smallest absolute Gasteiger partial charge is 0.0122 e. The highest BCUT2D eigenvalue weighted by atomic mass is 16.5. The van der Waals surface area contributed by atoms with Gasteiger partial charge < -0.3 is 20.5 Å². The summed E-state index contributed by atoms with van der Waals surface area (Å²) in [5, 5.41) is 24.0. The van der Waals surface area contributed by atoms with Gasteiger partial charge in [-0.1, -0.05) is 12.8 Å². The summed E-state index contributed by atoms with van der Waals surface area (Å²) in [5.74, 6) is 0. The van der Waals surface area contributed by atoms with E-state index in [1.54, 1.807) is 0 Å². The largest absolute Gasteiger partial charge is 0.785 e. The Hall–Kier alpha value is -0.160. The molecule has 1 rings (SSSR count). The molecule has 0 spiro atoms. The van der Waals surface area contributed by atoms with Crippen molar-refractivity contribution in [3.63, 3.8) is 0 Å². The number of hydrogen-bond acceptors (Lipinski definition) is 4. The normalized spacial score (nSPS) is 31.5. The fourth-order valence-electron chi connectivity index (χ4n) is 1.94. The minimum absolute atomic E-state index is 0.0961. The van der Waals surface area contributed by atoms with Crippen LogP contribution in [0.1, 0.15) is 25.7 Å². The fourth-order valence-corrected chi connectivity index (χ4v) is 1.94. The van der Waals surface area contributed by atoms with Gasteiger partial charge in [-0.15, -0.1) is 0 Å². The number of hydrogen-bond donors (Lipinski definition) is 0. The molecule has 4 nitrogen and oxygen atoms in total. The standard InChI is InChI=1S/C8H16N2O2/c1-9(11)7-5-3-4-6-8(7)10(2)12/h7-8H,3-6H2,1-2H3/q-2. The van der Waals surface area contributed by atoms with Gasteiger partial charge in [0.1, 0.15) is 0 Å². The Balaban J connectivity index is 2.54. The van der Waals surface area contributed by atoms with Gasteiger partial charge in [0.25, 0.3) is 0 Å². The van der Waals surface area contributed by atoms with E-state index in [0.29, 0.717) is 0 Å². The lowest BCUT2D eigenvalue weighted by Gasteiger charge is -2.48. The lowest BCUT2D eigenvalue weighted by molar-refractivity contribution is 0.135. The Bertz CT molecular complexity index is 123. The van der Waals surface area contributed by atoms with Crippen LogP contribution in [0, 0.1) is 10.4 Å². The SMILES string of the molecule is CN([O-])C1CCCCC1N(C)[O-]. The summed E-state index contributed by atoms with van der Waals surface area (Å²) in [6.07, 6.45) is 3.86. The van der Waals surface area contributed by atoms with Crippen LogP contribution in [0.25, 0.3) is 0 Å². The quantitative estimate of drug-likeness (QED) is 0.586. The predicted molar refractivity (Wildman–Crippen MR) is 48.3 cm³/mol. The van der Waals surface area contributed by atoms with Gasteiger partial charge in [0.15, 0.2) is 0 Å². The van der Waals surface area contributed by atoms with Gasteiger partial charge in [0.05, 0.1) is 0 Å². The van der Waals surface area contributed by atoms with Crippen molar-refractivity contribution in [2.45, 2.75) is 37.8 Å². The van der Waals surface area contributed by atoms with Crippen molar-refractivity contribution >= 4 is 0 Å². The van der Waals surface area contributed by atoms with Crippen LogP contribution in [-0.2, 0) is 0 Å². The van der Waals surface area contributed by atoms with Crippen LogP contribution in [0.3, 0.4) is 0 Å². The van der Waals surface area contributed by atoms with Gasteiger partial charge in [-0.05, 0) is 26.9 Å². The van der Waals surface area contributed by atoms with Crippen molar-refractivity contribution < 1.29 is 0 Å². The molecule has 2 atom stereocenters. The number of hydroxylamine groups is 4. The second-order valence-electron chi connectivity index (χ2n) is 3.51. The topological polar surface area (TPSA) is 52.6 Å². The lowest BCUT2D eigenvalue weighted by atomic mass is 9.90. The Morgan fingerprint density at radius 1 is 0.917 bits per heavy atom. The Morgan fingerprint density at radius 3 is 1.50 bits per heavy atom. The highest BCUT2D eigenvalue weighted by Gasteiger charge is 2.24. The third kappa shape index (κ3) is 2.17. The van der Waals surface area contributed by atoms with E-state index >= 15 is 0 Å². The Labute approximate surface area is 73.3 Å². The van der Waals surface area contributed by atoms with Crippen molar-refractivity contribution in [1.82, 2.24) is 10.1 Å². The molecule has 1 fully saturated rings. The molecule has 4 heteroatoms. The molecule has 1 saturated carbocycles. The summed E-state index contributed by atoms with van der Waals surface area (Å²) in [6.45, 7) is 0. The third-order valence-electron chi connectivity index (χ3n) is 2.63. The van der Waals surface area contributed by atoms with Crippen molar-refractivity contribution in [3.05, 3.63) is 10.4 Å². The fraction of sp³-hybridized carbons (Fsp3) is 1.00. The van der Waals surface area contributed by atoms with Crippen molar-refractivity contribution in [1.29, 1.82) is 0 Å².